The minimum absolute atomic E-state index is 0.858. The summed E-state index contributed by atoms with van der Waals surface area (Å²) in [5, 5.41) is 3.77. The van der Waals surface area contributed by atoms with Crippen molar-refractivity contribution in [2.24, 2.45) is 0 Å². The highest BCUT2D eigenvalue weighted by atomic mass is 16.5. The monoisotopic (exact) mass is 552 g/mol. The molecule has 9 rings (SSSR count). The molecule has 0 atom stereocenters. The number of allylic oxidation sites excluding steroid dienone is 1. The summed E-state index contributed by atoms with van der Waals surface area (Å²) in [5.74, 6) is 1.72. The highest BCUT2D eigenvalue weighted by molar-refractivity contribution is 5.96. The second kappa shape index (κ2) is 9.50. The summed E-state index contributed by atoms with van der Waals surface area (Å²) in [5.41, 5.74) is 10.7. The first-order valence-electron chi connectivity index (χ1n) is 14.9. The van der Waals surface area contributed by atoms with Gasteiger partial charge in [-0.1, -0.05) is 78.9 Å². The fourth-order valence-corrected chi connectivity index (χ4v) is 6.80. The SMILES string of the molecule is C1=Cc2c(c3cc(-c4ccc5c(c4)Oc4ccccc4N5c4ccc5ccccc5c4)ccc3n2-c2ccccc2)CC1. The first-order chi connectivity index (χ1) is 21.3. The molecule has 2 heterocycles. The average molecular weight is 553 g/mol. The number of hydrogen-bond acceptors (Lipinski definition) is 2. The Morgan fingerprint density at radius 1 is 0.558 bits per heavy atom. The topological polar surface area (TPSA) is 17.4 Å². The van der Waals surface area contributed by atoms with E-state index in [2.05, 4.69) is 149 Å². The van der Waals surface area contributed by atoms with Gasteiger partial charge < -0.3 is 14.2 Å². The second-order valence-electron chi connectivity index (χ2n) is 11.3. The number of anilines is 3. The molecule has 204 valence electrons. The Bertz CT molecular complexity index is 2220. The molecule has 0 unspecified atom stereocenters. The number of hydrogen-bond donors (Lipinski definition) is 0. The molecule has 3 nitrogen and oxygen atoms in total. The summed E-state index contributed by atoms with van der Waals surface area (Å²) < 4.78 is 8.97. The van der Waals surface area contributed by atoms with Crippen molar-refractivity contribution >= 4 is 44.8 Å². The van der Waals surface area contributed by atoms with Gasteiger partial charge in [0.1, 0.15) is 0 Å². The first kappa shape index (κ1) is 24.1. The zero-order valence-corrected chi connectivity index (χ0v) is 23.6. The van der Waals surface area contributed by atoms with Crippen LogP contribution in [0.5, 0.6) is 11.5 Å². The van der Waals surface area contributed by atoms with Crippen molar-refractivity contribution in [3.63, 3.8) is 0 Å². The van der Waals surface area contributed by atoms with E-state index in [4.69, 9.17) is 4.74 Å². The van der Waals surface area contributed by atoms with E-state index in [1.54, 1.807) is 0 Å². The van der Waals surface area contributed by atoms with Crippen LogP contribution in [0.4, 0.5) is 17.1 Å². The van der Waals surface area contributed by atoms with Gasteiger partial charge in [-0.2, -0.15) is 0 Å². The van der Waals surface area contributed by atoms with E-state index >= 15 is 0 Å². The second-order valence-corrected chi connectivity index (χ2v) is 11.3. The van der Waals surface area contributed by atoms with Gasteiger partial charge in [-0.15, -0.1) is 0 Å². The zero-order valence-electron chi connectivity index (χ0n) is 23.6. The van der Waals surface area contributed by atoms with E-state index in [1.807, 2.05) is 6.07 Å². The molecule has 3 heteroatoms. The van der Waals surface area contributed by atoms with Gasteiger partial charge in [0.25, 0.3) is 0 Å². The van der Waals surface area contributed by atoms with Gasteiger partial charge in [0.2, 0.25) is 0 Å². The van der Waals surface area contributed by atoms with Crippen LogP contribution in [0.25, 0.3) is 44.6 Å². The fraction of sp³-hybridized carbons (Fsp3) is 0.0500. The number of fused-ring (bicyclic) bond motifs is 6. The molecule has 0 saturated heterocycles. The summed E-state index contributed by atoms with van der Waals surface area (Å²) in [7, 11) is 0. The van der Waals surface area contributed by atoms with E-state index in [0.717, 1.165) is 47.0 Å². The fourth-order valence-electron chi connectivity index (χ4n) is 6.80. The quantitative estimate of drug-likeness (QED) is 0.217. The molecule has 1 aliphatic carbocycles. The number of aryl methyl sites for hydroxylation is 1. The maximum Gasteiger partial charge on any atom is 0.152 e. The summed E-state index contributed by atoms with van der Waals surface area (Å²) in [6, 6.07) is 47.7. The molecule has 7 aromatic rings. The molecular formula is C40H28N2O. The van der Waals surface area contributed by atoms with Gasteiger partial charge in [0.05, 0.1) is 16.9 Å². The largest absolute Gasteiger partial charge is 0.453 e. The van der Waals surface area contributed by atoms with Crippen LogP contribution in [0.3, 0.4) is 0 Å². The smallest absolute Gasteiger partial charge is 0.152 e. The minimum atomic E-state index is 0.858. The standard InChI is InChI=1S/C40H28N2O/c1-2-12-31(13-3-1)41-35-15-7-6-14-33(35)34-25-29(19-22-36(34)41)30-20-23-38-40(26-30)43-39-17-9-8-16-37(39)42(38)32-21-18-27-10-4-5-11-28(27)24-32/h1-5,7-13,15-26H,6,14H2. The summed E-state index contributed by atoms with van der Waals surface area (Å²) in [6.45, 7) is 0. The van der Waals surface area contributed by atoms with Crippen LogP contribution >= 0.6 is 0 Å². The molecule has 0 radical (unpaired) electrons. The molecular weight excluding hydrogens is 524 g/mol. The molecule has 0 amide bonds. The number of rotatable bonds is 3. The van der Waals surface area contributed by atoms with Crippen LogP contribution in [0.1, 0.15) is 17.7 Å². The van der Waals surface area contributed by atoms with Crippen LogP contribution in [0, 0.1) is 0 Å². The van der Waals surface area contributed by atoms with Crippen molar-refractivity contribution < 1.29 is 4.74 Å². The minimum Gasteiger partial charge on any atom is -0.453 e. The zero-order chi connectivity index (χ0) is 28.3. The molecule has 1 aromatic heterocycles. The molecule has 1 aliphatic heterocycles. The lowest BCUT2D eigenvalue weighted by molar-refractivity contribution is 0.477. The predicted molar refractivity (Wildman–Crippen MR) is 178 cm³/mol. The Balaban J connectivity index is 1.18. The van der Waals surface area contributed by atoms with Gasteiger partial charge in [0, 0.05) is 22.5 Å². The lowest BCUT2D eigenvalue weighted by atomic mass is 9.97. The van der Waals surface area contributed by atoms with Gasteiger partial charge in [0.15, 0.2) is 11.5 Å². The lowest BCUT2D eigenvalue weighted by Crippen LogP contribution is -2.15. The number of aromatic nitrogens is 1. The van der Waals surface area contributed by atoms with Gasteiger partial charge in [-0.3, -0.25) is 0 Å². The third-order valence-corrected chi connectivity index (χ3v) is 8.82. The maximum absolute atomic E-state index is 6.56. The van der Waals surface area contributed by atoms with E-state index in [-0.39, 0.29) is 0 Å². The van der Waals surface area contributed by atoms with Crippen molar-refractivity contribution in [3.05, 3.63) is 151 Å². The van der Waals surface area contributed by atoms with Crippen LogP contribution in [0.15, 0.2) is 140 Å². The van der Waals surface area contributed by atoms with Crippen LogP contribution in [-0.2, 0) is 6.42 Å². The van der Waals surface area contributed by atoms with Gasteiger partial charge in [-0.25, -0.2) is 0 Å². The van der Waals surface area contributed by atoms with Crippen LogP contribution in [-0.4, -0.2) is 4.57 Å². The molecule has 0 bridgehead atoms. The maximum atomic E-state index is 6.56. The van der Waals surface area contributed by atoms with Gasteiger partial charge in [-0.05, 0) is 107 Å². The number of para-hydroxylation sites is 3. The predicted octanol–water partition coefficient (Wildman–Crippen LogP) is 11.0. The van der Waals surface area contributed by atoms with Crippen molar-refractivity contribution in [3.8, 4) is 28.3 Å². The normalized spacial score (nSPS) is 13.4. The highest BCUT2D eigenvalue weighted by Crippen LogP contribution is 2.51. The van der Waals surface area contributed by atoms with Gasteiger partial charge >= 0.3 is 0 Å². The van der Waals surface area contributed by atoms with E-state index in [9.17, 15) is 0 Å². The lowest BCUT2D eigenvalue weighted by Gasteiger charge is -2.33. The third-order valence-electron chi connectivity index (χ3n) is 8.82. The molecule has 0 N–H and O–H groups in total. The number of nitrogens with zero attached hydrogens (tertiary/aromatic N) is 2. The molecule has 0 saturated carbocycles. The Morgan fingerprint density at radius 2 is 1.33 bits per heavy atom. The molecule has 0 fully saturated rings. The third kappa shape index (κ3) is 3.82. The number of ether oxygens (including phenoxy) is 1. The Kier molecular flexibility index (Phi) is 5.32. The van der Waals surface area contributed by atoms with E-state index < -0.39 is 0 Å². The summed E-state index contributed by atoms with van der Waals surface area (Å²) in [4.78, 5) is 2.32. The summed E-state index contributed by atoms with van der Waals surface area (Å²) >= 11 is 0. The van der Waals surface area contributed by atoms with Crippen LogP contribution < -0.4 is 9.64 Å². The van der Waals surface area contributed by atoms with Crippen molar-refractivity contribution in [1.82, 2.24) is 4.57 Å². The first-order valence-corrected chi connectivity index (χ1v) is 14.9. The van der Waals surface area contributed by atoms with E-state index in [1.165, 1.54) is 44.2 Å². The molecule has 6 aromatic carbocycles. The van der Waals surface area contributed by atoms with E-state index in [0.29, 0.717) is 0 Å². The molecule has 43 heavy (non-hydrogen) atoms. The highest BCUT2D eigenvalue weighted by Gasteiger charge is 2.26. The van der Waals surface area contributed by atoms with Crippen molar-refractivity contribution in [2.75, 3.05) is 4.90 Å². The van der Waals surface area contributed by atoms with Crippen molar-refractivity contribution in [2.45, 2.75) is 12.8 Å². The Labute approximate surface area is 250 Å². The average Bonchev–Trinajstić information content (AvgIpc) is 3.41. The van der Waals surface area contributed by atoms with Crippen molar-refractivity contribution in [1.29, 1.82) is 0 Å². The Hall–Kier alpha value is -5.54. The molecule has 0 spiro atoms. The number of benzene rings is 6. The van der Waals surface area contributed by atoms with Crippen LogP contribution in [0.2, 0.25) is 0 Å². The molecule has 2 aliphatic rings. The summed E-state index contributed by atoms with van der Waals surface area (Å²) in [6.07, 6.45) is 6.71. The Morgan fingerprint density at radius 3 is 2.26 bits per heavy atom.